The van der Waals surface area contributed by atoms with Crippen LogP contribution in [0.3, 0.4) is 0 Å². The van der Waals surface area contributed by atoms with Gasteiger partial charge in [-0.3, -0.25) is 0 Å². The molecule has 0 unspecified atom stereocenters. The molecule has 1 amide bonds. The Bertz CT molecular complexity index is 1220. The van der Waals surface area contributed by atoms with Crippen LogP contribution >= 0.6 is 0 Å². The van der Waals surface area contributed by atoms with Gasteiger partial charge in [-0.2, -0.15) is 0 Å². The van der Waals surface area contributed by atoms with Crippen LogP contribution in [0.4, 0.5) is 19.4 Å². The number of amides is 1. The van der Waals surface area contributed by atoms with Gasteiger partial charge in [0.15, 0.2) is 0 Å². The van der Waals surface area contributed by atoms with Gasteiger partial charge < -0.3 is 19.5 Å². The molecule has 1 aliphatic rings. The van der Waals surface area contributed by atoms with Gasteiger partial charge in [0.1, 0.15) is 17.2 Å². The standard InChI is InChI=1S/C27H33F2N5O2/c1-6-33(17-27(5,28)29)24-22(19(12-14-30-24)18-10-8-7-9-11-18)23-31-20-13-15-34(16-21(20)32-23)25(35)36-26(2,3)4/h7-12,14H,6,13,15-17H2,1-5H3,(H,31,32). The van der Waals surface area contributed by atoms with E-state index in [2.05, 4.69) is 9.97 Å². The number of fused-ring (bicyclic) bond motifs is 1. The van der Waals surface area contributed by atoms with E-state index in [0.717, 1.165) is 29.4 Å². The highest BCUT2D eigenvalue weighted by Crippen LogP contribution is 2.38. The molecule has 7 nitrogen and oxygen atoms in total. The van der Waals surface area contributed by atoms with E-state index in [4.69, 9.17) is 9.72 Å². The van der Waals surface area contributed by atoms with Crippen LogP contribution in [0, 0.1) is 0 Å². The van der Waals surface area contributed by atoms with E-state index < -0.39 is 18.1 Å². The fourth-order valence-corrected chi connectivity index (χ4v) is 4.35. The van der Waals surface area contributed by atoms with E-state index in [1.165, 1.54) is 0 Å². The minimum atomic E-state index is -2.89. The Kier molecular flexibility index (Phi) is 7.02. The summed E-state index contributed by atoms with van der Waals surface area (Å²) in [4.78, 5) is 28.6. The number of pyridine rings is 1. The lowest BCUT2D eigenvalue weighted by Gasteiger charge is -2.29. The summed E-state index contributed by atoms with van der Waals surface area (Å²) in [6, 6.07) is 11.6. The summed E-state index contributed by atoms with van der Waals surface area (Å²) in [5, 5.41) is 0. The zero-order valence-electron chi connectivity index (χ0n) is 21.4. The summed E-state index contributed by atoms with van der Waals surface area (Å²) in [7, 11) is 0. The second kappa shape index (κ2) is 9.87. The molecule has 192 valence electrons. The zero-order valence-corrected chi connectivity index (χ0v) is 21.4. The molecule has 2 aromatic heterocycles. The summed E-state index contributed by atoms with van der Waals surface area (Å²) in [5.74, 6) is -1.91. The van der Waals surface area contributed by atoms with Crippen molar-refractivity contribution in [3.8, 4) is 22.5 Å². The van der Waals surface area contributed by atoms with Crippen molar-refractivity contribution in [2.45, 2.75) is 59.1 Å². The van der Waals surface area contributed by atoms with Gasteiger partial charge >= 0.3 is 6.09 Å². The lowest BCUT2D eigenvalue weighted by molar-refractivity contribution is 0.0220. The molecule has 0 atom stereocenters. The molecule has 1 N–H and O–H groups in total. The first-order valence-electron chi connectivity index (χ1n) is 12.2. The molecule has 3 heterocycles. The maximum Gasteiger partial charge on any atom is 0.410 e. The fraction of sp³-hybridized carbons (Fsp3) is 0.444. The number of anilines is 1. The van der Waals surface area contributed by atoms with Gasteiger partial charge in [0.25, 0.3) is 5.92 Å². The number of halogens is 2. The third-order valence-corrected chi connectivity index (χ3v) is 5.89. The van der Waals surface area contributed by atoms with Crippen LogP contribution in [0.25, 0.3) is 22.5 Å². The van der Waals surface area contributed by atoms with Crippen molar-refractivity contribution in [1.29, 1.82) is 0 Å². The van der Waals surface area contributed by atoms with Crippen molar-refractivity contribution in [1.82, 2.24) is 19.9 Å². The zero-order chi connectivity index (χ0) is 26.1. The molecular weight excluding hydrogens is 464 g/mol. The summed E-state index contributed by atoms with van der Waals surface area (Å²) >= 11 is 0. The van der Waals surface area contributed by atoms with Crippen LogP contribution in [0.1, 0.15) is 46.0 Å². The Morgan fingerprint density at radius 3 is 2.53 bits per heavy atom. The Hall–Kier alpha value is -3.49. The van der Waals surface area contributed by atoms with Crippen molar-refractivity contribution < 1.29 is 18.3 Å². The number of nitrogens with zero attached hydrogens (tertiary/aromatic N) is 4. The molecule has 0 fully saturated rings. The van der Waals surface area contributed by atoms with Gasteiger partial charge in [-0.1, -0.05) is 30.3 Å². The van der Waals surface area contributed by atoms with Crippen molar-refractivity contribution in [2.24, 2.45) is 0 Å². The van der Waals surface area contributed by atoms with Gasteiger partial charge in [-0.15, -0.1) is 0 Å². The molecule has 0 spiro atoms. The normalized spacial score (nSPS) is 13.9. The number of imidazole rings is 1. The molecule has 1 aromatic carbocycles. The number of hydrogen-bond donors (Lipinski definition) is 1. The molecule has 3 aromatic rings. The molecule has 36 heavy (non-hydrogen) atoms. The van der Waals surface area contributed by atoms with E-state index >= 15 is 0 Å². The largest absolute Gasteiger partial charge is 0.444 e. The van der Waals surface area contributed by atoms with Gasteiger partial charge in [0, 0.05) is 32.6 Å². The third-order valence-electron chi connectivity index (χ3n) is 5.89. The molecule has 4 rings (SSSR count). The molecular formula is C27H33F2N5O2. The van der Waals surface area contributed by atoms with Crippen LogP contribution in [-0.4, -0.2) is 57.1 Å². The van der Waals surface area contributed by atoms with E-state index in [1.807, 2.05) is 64.1 Å². The summed E-state index contributed by atoms with van der Waals surface area (Å²) in [6.07, 6.45) is 1.83. The van der Waals surface area contributed by atoms with Gasteiger partial charge in [-0.05, 0) is 44.9 Å². The van der Waals surface area contributed by atoms with Crippen molar-refractivity contribution in [3.63, 3.8) is 0 Å². The van der Waals surface area contributed by atoms with Crippen LogP contribution in [-0.2, 0) is 17.7 Å². The first-order chi connectivity index (χ1) is 16.9. The lowest BCUT2D eigenvalue weighted by Crippen LogP contribution is -2.39. The molecule has 0 saturated heterocycles. The van der Waals surface area contributed by atoms with Gasteiger partial charge in [0.05, 0.1) is 30.0 Å². The smallest absolute Gasteiger partial charge is 0.410 e. The highest BCUT2D eigenvalue weighted by Gasteiger charge is 2.31. The Labute approximate surface area is 210 Å². The molecule has 9 heteroatoms. The predicted molar refractivity (Wildman–Crippen MR) is 136 cm³/mol. The van der Waals surface area contributed by atoms with E-state index in [9.17, 15) is 13.6 Å². The Balaban J connectivity index is 1.78. The summed E-state index contributed by atoms with van der Waals surface area (Å²) in [6.45, 7) is 8.96. The Morgan fingerprint density at radius 1 is 1.17 bits per heavy atom. The van der Waals surface area contributed by atoms with E-state index in [1.54, 1.807) is 16.0 Å². The third kappa shape index (κ3) is 5.83. The first kappa shape index (κ1) is 25.6. The van der Waals surface area contributed by atoms with E-state index in [-0.39, 0.29) is 6.09 Å². The highest BCUT2D eigenvalue weighted by molar-refractivity contribution is 5.88. The van der Waals surface area contributed by atoms with E-state index in [0.29, 0.717) is 43.3 Å². The molecule has 0 saturated carbocycles. The Morgan fingerprint density at radius 2 is 1.89 bits per heavy atom. The first-order valence-corrected chi connectivity index (χ1v) is 12.2. The number of carbonyl (C=O) groups excluding carboxylic acids is 1. The van der Waals surface area contributed by atoms with Crippen LogP contribution in [0.15, 0.2) is 42.6 Å². The molecule has 0 bridgehead atoms. The number of carbonyl (C=O) groups is 1. The average Bonchev–Trinajstić information content (AvgIpc) is 3.24. The second-order valence-electron chi connectivity index (χ2n) is 10.2. The SMILES string of the molecule is CCN(CC(C)(F)F)c1nccc(-c2ccccc2)c1-c1nc2c([nH]1)CN(C(=O)OC(C)(C)C)CC2. The average molecular weight is 498 g/mol. The molecule has 0 radical (unpaired) electrons. The maximum absolute atomic E-state index is 14.1. The number of aromatic amines is 1. The monoisotopic (exact) mass is 497 g/mol. The summed E-state index contributed by atoms with van der Waals surface area (Å²) < 4.78 is 33.7. The number of alkyl halides is 2. The number of benzene rings is 1. The fourth-order valence-electron chi connectivity index (χ4n) is 4.35. The topological polar surface area (TPSA) is 74.4 Å². The molecule has 0 aliphatic carbocycles. The number of H-pyrrole nitrogens is 1. The number of hydrogen-bond acceptors (Lipinski definition) is 5. The van der Waals surface area contributed by atoms with Crippen molar-refractivity contribution >= 4 is 11.9 Å². The minimum absolute atomic E-state index is 0.331. The highest BCUT2D eigenvalue weighted by atomic mass is 19.3. The van der Waals surface area contributed by atoms with Crippen LogP contribution in [0.2, 0.25) is 0 Å². The molecule has 1 aliphatic heterocycles. The number of aromatic nitrogens is 3. The van der Waals surface area contributed by atoms with Crippen molar-refractivity contribution in [2.75, 3.05) is 24.5 Å². The lowest BCUT2D eigenvalue weighted by atomic mass is 10.00. The number of ether oxygens (including phenoxy) is 1. The van der Waals surface area contributed by atoms with Gasteiger partial charge in [-0.25, -0.2) is 23.5 Å². The second-order valence-corrected chi connectivity index (χ2v) is 10.2. The quantitative estimate of drug-likeness (QED) is 0.458. The summed E-state index contributed by atoms with van der Waals surface area (Å²) in [5.41, 5.74) is 3.50. The van der Waals surface area contributed by atoms with Gasteiger partial charge in [0.2, 0.25) is 0 Å². The van der Waals surface area contributed by atoms with Crippen LogP contribution < -0.4 is 4.90 Å². The predicted octanol–water partition coefficient (Wildman–Crippen LogP) is 5.91. The van der Waals surface area contributed by atoms with Crippen LogP contribution in [0.5, 0.6) is 0 Å². The van der Waals surface area contributed by atoms with Crippen molar-refractivity contribution in [3.05, 3.63) is 54.0 Å². The minimum Gasteiger partial charge on any atom is -0.444 e. The number of rotatable bonds is 6. The maximum atomic E-state index is 14.1. The number of nitrogens with one attached hydrogen (secondary N) is 1.